The van der Waals surface area contributed by atoms with Crippen LogP contribution in [0.5, 0.6) is 0 Å². The van der Waals surface area contributed by atoms with Gasteiger partial charge in [0.1, 0.15) is 11.6 Å². The highest BCUT2D eigenvalue weighted by molar-refractivity contribution is 5.99. The lowest BCUT2D eigenvalue weighted by Crippen LogP contribution is -2.59. The van der Waals surface area contributed by atoms with Crippen molar-refractivity contribution in [1.29, 1.82) is 0 Å². The molecule has 2 bridgehead atoms. The van der Waals surface area contributed by atoms with E-state index >= 15 is 0 Å². The monoisotopic (exact) mass is 457 g/mol. The summed E-state index contributed by atoms with van der Waals surface area (Å²) in [4.78, 5) is 42.4. The fourth-order valence-corrected chi connectivity index (χ4v) is 6.33. The number of aliphatic hydroxyl groups excluding tert-OH is 1. The molecule has 180 valence electrons. The van der Waals surface area contributed by atoms with Gasteiger partial charge in [-0.3, -0.25) is 14.4 Å². The summed E-state index contributed by atoms with van der Waals surface area (Å²) in [6.45, 7) is 9.18. The largest absolute Gasteiger partial charge is 0.394 e. The molecule has 3 N–H and O–H groups in total. The molecule has 3 amide bonds. The lowest BCUT2D eigenvalue weighted by molar-refractivity contribution is -0.151. The van der Waals surface area contributed by atoms with Crippen LogP contribution in [0.15, 0.2) is 30.3 Å². The Kier molecular flexibility index (Phi) is 5.61. The van der Waals surface area contributed by atoms with E-state index in [1.165, 1.54) is 4.90 Å². The van der Waals surface area contributed by atoms with Gasteiger partial charge in [0.15, 0.2) is 0 Å². The number of amides is 3. The molecule has 0 aromatic heterocycles. The van der Waals surface area contributed by atoms with E-state index < -0.39 is 40.7 Å². The van der Waals surface area contributed by atoms with Crippen LogP contribution in [0, 0.1) is 17.8 Å². The number of rotatable bonds is 5. The highest BCUT2D eigenvalue weighted by Crippen LogP contribution is 2.65. The number of likely N-dealkylation sites (tertiary alicyclic amines) is 1. The third kappa shape index (κ3) is 3.37. The minimum Gasteiger partial charge on any atom is -0.394 e. The van der Waals surface area contributed by atoms with Crippen molar-refractivity contribution in [2.24, 2.45) is 17.8 Å². The van der Waals surface area contributed by atoms with Gasteiger partial charge in [-0.1, -0.05) is 37.3 Å². The first-order chi connectivity index (χ1) is 15.4. The summed E-state index contributed by atoms with van der Waals surface area (Å²) in [6, 6.07) is 7.49. The van der Waals surface area contributed by atoms with Crippen LogP contribution in [0.25, 0.3) is 0 Å². The molecule has 0 radical (unpaired) electrons. The zero-order valence-corrected chi connectivity index (χ0v) is 20.2. The number of carbonyl (C=O) groups excluding carboxylic acids is 3. The number of hydrogen-bond acceptors (Lipinski definition) is 5. The molecule has 8 heteroatoms. The molecule has 0 saturated carbocycles. The number of ether oxygens (including phenoxy) is 1. The van der Waals surface area contributed by atoms with E-state index in [-0.39, 0.29) is 30.2 Å². The molecule has 1 aromatic rings. The van der Waals surface area contributed by atoms with E-state index in [9.17, 15) is 19.5 Å². The van der Waals surface area contributed by atoms with Gasteiger partial charge >= 0.3 is 0 Å². The van der Waals surface area contributed by atoms with Gasteiger partial charge in [0.05, 0.1) is 30.1 Å². The summed E-state index contributed by atoms with van der Waals surface area (Å²) in [5, 5.41) is 16.1. The number of benzene rings is 1. The predicted molar refractivity (Wildman–Crippen MR) is 122 cm³/mol. The van der Waals surface area contributed by atoms with Gasteiger partial charge in [-0.05, 0) is 45.6 Å². The zero-order valence-electron chi connectivity index (χ0n) is 20.2. The molecule has 7 atom stereocenters. The molecule has 4 rings (SSSR count). The van der Waals surface area contributed by atoms with Crippen molar-refractivity contribution < 1.29 is 24.2 Å². The van der Waals surface area contributed by atoms with Gasteiger partial charge < -0.3 is 25.4 Å². The number of nitrogens with zero attached hydrogens (tertiary/aromatic N) is 1. The Morgan fingerprint density at radius 1 is 1.24 bits per heavy atom. The smallest absolute Gasteiger partial charge is 0.246 e. The standard InChI is InChI=1S/C25H35N3O5/c1-14-12-25-18(17(20(30)26-6)24(14,5)33-25)22(32)28(19(25)21(31)27-23(2,3)4)16(13-29)15-10-8-7-9-11-15/h7-11,14,16-19,29H,12-13H2,1-6H3,(H,26,30)(H,27,31)/t14?,16-,17-,18+,19?,24+,25?/m1/s1. The molecule has 3 heterocycles. The maximum atomic E-state index is 14.1. The van der Waals surface area contributed by atoms with E-state index in [0.717, 1.165) is 5.56 Å². The Balaban J connectivity index is 1.88. The first-order valence-corrected chi connectivity index (χ1v) is 11.6. The first kappa shape index (κ1) is 23.7. The van der Waals surface area contributed by atoms with E-state index in [0.29, 0.717) is 6.42 Å². The minimum absolute atomic E-state index is 0.0296. The van der Waals surface area contributed by atoms with Crippen LogP contribution in [0.4, 0.5) is 0 Å². The van der Waals surface area contributed by atoms with Gasteiger partial charge in [0, 0.05) is 12.6 Å². The predicted octanol–water partition coefficient (Wildman–Crippen LogP) is 1.39. The maximum Gasteiger partial charge on any atom is 0.246 e. The van der Waals surface area contributed by atoms with Crippen molar-refractivity contribution in [2.45, 2.75) is 69.9 Å². The number of carbonyl (C=O) groups is 3. The van der Waals surface area contributed by atoms with Crippen LogP contribution >= 0.6 is 0 Å². The molecule has 1 aromatic carbocycles. The van der Waals surface area contributed by atoms with Gasteiger partial charge in [0.2, 0.25) is 17.7 Å². The van der Waals surface area contributed by atoms with Gasteiger partial charge in [-0.15, -0.1) is 0 Å². The summed E-state index contributed by atoms with van der Waals surface area (Å²) < 4.78 is 6.63. The fraction of sp³-hybridized carbons (Fsp3) is 0.640. The summed E-state index contributed by atoms with van der Waals surface area (Å²) in [5.74, 6) is -2.46. The van der Waals surface area contributed by atoms with Gasteiger partial charge in [-0.25, -0.2) is 0 Å². The Morgan fingerprint density at radius 2 is 1.88 bits per heavy atom. The van der Waals surface area contributed by atoms with Gasteiger partial charge in [0.25, 0.3) is 0 Å². The minimum atomic E-state index is -1.14. The van der Waals surface area contributed by atoms with Crippen molar-refractivity contribution in [3.05, 3.63) is 35.9 Å². The van der Waals surface area contributed by atoms with E-state index in [4.69, 9.17) is 4.74 Å². The van der Waals surface area contributed by atoms with Crippen molar-refractivity contribution in [3.63, 3.8) is 0 Å². The second-order valence-electron chi connectivity index (χ2n) is 10.9. The van der Waals surface area contributed by atoms with Crippen LogP contribution in [-0.2, 0) is 19.1 Å². The summed E-state index contributed by atoms with van der Waals surface area (Å²) in [6.07, 6.45) is 0.485. The molecule has 0 aliphatic carbocycles. The number of fused-ring (bicyclic) bond motifs is 1. The Labute approximate surface area is 195 Å². The second kappa shape index (κ2) is 7.81. The topological polar surface area (TPSA) is 108 Å². The summed E-state index contributed by atoms with van der Waals surface area (Å²) in [7, 11) is 1.55. The molecule has 3 unspecified atom stereocenters. The molecule has 3 aliphatic rings. The van der Waals surface area contributed by atoms with Crippen LogP contribution in [0.2, 0.25) is 0 Å². The Bertz CT molecular complexity index is 961. The lowest BCUT2D eigenvalue weighted by atomic mass is 9.62. The first-order valence-electron chi connectivity index (χ1n) is 11.6. The van der Waals surface area contributed by atoms with E-state index in [1.54, 1.807) is 7.05 Å². The van der Waals surface area contributed by atoms with Crippen molar-refractivity contribution in [2.75, 3.05) is 13.7 Å². The average Bonchev–Trinajstić information content (AvgIpc) is 3.25. The molecule has 8 nitrogen and oxygen atoms in total. The maximum absolute atomic E-state index is 14.1. The third-order valence-corrected chi connectivity index (χ3v) is 7.72. The lowest BCUT2D eigenvalue weighted by Gasteiger charge is -2.38. The summed E-state index contributed by atoms with van der Waals surface area (Å²) >= 11 is 0. The highest BCUT2D eigenvalue weighted by atomic mass is 16.5. The highest BCUT2D eigenvalue weighted by Gasteiger charge is 2.80. The fourth-order valence-electron chi connectivity index (χ4n) is 6.33. The number of aliphatic hydroxyl groups is 1. The molecule has 3 aliphatic heterocycles. The van der Waals surface area contributed by atoms with Crippen molar-refractivity contribution in [3.8, 4) is 0 Å². The zero-order chi connectivity index (χ0) is 24.3. The number of hydrogen-bond donors (Lipinski definition) is 3. The van der Waals surface area contributed by atoms with Crippen LogP contribution in [-0.4, -0.2) is 64.2 Å². The SMILES string of the molecule is CNC(=O)[C@H]1[C@H]2C(=O)N([C@H](CO)c3ccccc3)C(C(=O)NC(C)(C)C)C23CC(C)[C@]1(C)O3. The molecular formula is C25H35N3O5. The number of nitrogens with one attached hydrogen (secondary N) is 2. The quantitative estimate of drug-likeness (QED) is 0.619. The molecule has 3 fully saturated rings. The third-order valence-electron chi connectivity index (χ3n) is 7.72. The van der Waals surface area contributed by atoms with Crippen LogP contribution < -0.4 is 10.6 Å². The van der Waals surface area contributed by atoms with Crippen LogP contribution in [0.1, 0.15) is 52.6 Å². The van der Waals surface area contributed by atoms with Crippen molar-refractivity contribution >= 4 is 17.7 Å². The van der Waals surface area contributed by atoms with Crippen molar-refractivity contribution in [1.82, 2.24) is 15.5 Å². The Hall–Kier alpha value is -2.45. The van der Waals surface area contributed by atoms with Gasteiger partial charge in [-0.2, -0.15) is 0 Å². The molecule has 33 heavy (non-hydrogen) atoms. The molecule has 3 saturated heterocycles. The second-order valence-corrected chi connectivity index (χ2v) is 10.9. The normalized spacial score (nSPS) is 36.0. The van der Waals surface area contributed by atoms with Crippen LogP contribution in [0.3, 0.4) is 0 Å². The van der Waals surface area contributed by atoms with E-state index in [1.807, 2.05) is 65.0 Å². The summed E-state index contributed by atoms with van der Waals surface area (Å²) in [5.41, 5.74) is -1.80. The molecule has 1 spiro atoms. The molecular weight excluding hydrogens is 422 g/mol. The van der Waals surface area contributed by atoms with E-state index in [2.05, 4.69) is 10.6 Å². The average molecular weight is 458 g/mol. The Morgan fingerprint density at radius 3 is 2.42 bits per heavy atom.